The van der Waals surface area contributed by atoms with E-state index in [9.17, 15) is 9.18 Å². The Hall–Kier alpha value is -2.07. The van der Waals surface area contributed by atoms with Crippen molar-refractivity contribution in [1.82, 2.24) is 4.90 Å². The summed E-state index contributed by atoms with van der Waals surface area (Å²) in [5, 5.41) is 0.343. The molecule has 1 amide bonds. The number of carbonyl (C=O) groups excluding carboxylic acids is 1. The van der Waals surface area contributed by atoms with Crippen LogP contribution in [0.3, 0.4) is 0 Å². The summed E-state index contributed by atoms with van der Waals surface area (Å²) in [6.07, 6.45) is 0. The molecule has 20 heavy (non-hydrogen) atoms. The molecule has 0 aromatic heterocycles. The Morgan fingerprint density at radius 2 is 1.90 bits per heavy atom. The van der Waals surface area contributed by atoms with Crippen molar-refractivity contribution >= 4 is 23.2 Å². The Bertz CT molecular complexity index is 702. The first-order chi connectivity index (χ1) is 9.54. The Morgan fingerprint density at radius 1 is 1.15 bits per heavy atom. The second-order valence-electron chi connectivity index (χ2n) is 4.81. The summed E-state index contributed by atoms with van der Waals surface area (Å²) in [6, 6.07) is 9.52. The van der Waals surface area contributed by atoms with Gasteiger partial charge in [0.2, 0.25) is 0 Å². The zero-order valence-corrected chi connectivity index (χ0v) is 11.3. The van der Waals surface area contributed by atoms with Gasteiger partial charge < -0.3 is 10.6 Å². The molecule has 1 aliphatic heterocycles. The van der Waals surface area contributed by atoms with Gasteiger partial charge in [-0.3, -0.25) is 4.79 Å². The number of hydrogen-bond acceptors (Lipinski definition) is 2. The van der Waals surface area contributed by atoms with Crippen LogP contribution in [0.25, 0.3) is 0 Å². The summed E-state index contributed by atoms with van der Waals surface area (Å²) < 4.78 is 13.7. The molecule has 0 spiro atoms. The van der Waals surface area contributed by atoms with Crippen molar-refractivity contribution in [2.45, 2.75) is 13.1 Å². The van der Waals surface area contributed by atoms with Crippen LogP contribution in [-0.4, -0.2) is 10.8 Å². The lowest BCUT2D eigenvalue weighted by Gasteiger charge is -2.16. The molecule has 1 aliphatic rings. The molecule has 0 fully saturated rings. The Morgan fingerprint density at radius 3 is 2.70 bits per heavy atom. The van der Waals surface area contributed by atoms with Gasteiger partial charge in [0, 0.05) is 23.8 Å². The fourth-order valence-electron chi connectivity index (χ4n) is 2.39. The van der Waals surface area contributed by atoms with Crippen LogP contribution >= 0.6 is 11.6 Å². The highest BCUT2D eigenvalue weighted by Gasteiger charge is 2.26. The number of hydrogen-bond donors (Lipinski definition) is 1. The normalized spacial score (nSPS) is 13.4. The van der Waals surface area contributed by atoms with Gasteiger partial charge in [0.1, 0.15) is 5.82 Å². The van der Waals surface area contributed by atoms with Crippen LogP contribution < -0.4 is 5.73 Å². The van der Waals surface area contributed by atoms with Gasteiger partial charge in [-0.1, -0.05) is 17.7 Å². The molecule has 2 N–H and O–H groups in total. The predicted octanol–water partition coefficient (Wildman–Crippen LogP) is 3.22. The molecule has 0 saturated carbocycles. The van der Waals surface area contributed by atoms with Crippen molar-refractivity contribution in [2.24, 2.45) is 0 Å². The SMILES string of the molecule is Nc1ccc2c(c1)CN(C(=O)c1cc(Cl)ccc1F)C2. The van der Waals surface area contributed by atoms with Gasteiger partial charge in [0.05, 0.1) is 5.56 Å². The number of halogens is 2. The van der Waals surface area contributed by atoms with E-state index in [1.807, 2.05) is 12.1 Å². The number of fused-ring (bicyclic) bond motifs is 1. The van der Waals surface area contributed by atoms with Crippen molar-refractivity contribution in [3.05, 3.63) is 63.9 Å². The van der Waals surface area contributed by atoms with Crippen molar-refractivity contribution in [1.29, 1.82) is 0 Å². The quantitative estimate of drug-likeness (QED) is 0.820. The van der Waals surface area contributed by atoms with Gasteiger partial charge in [-0.25, -0.2) is 4.39 Å². The van der Waals surface area contributed by atoms with Gasteiger partial charge in [0.25, 0.3) is 5.91 Å². The number of rotatable bonds is 1. The number of anilines is 1. The van der Waals surface area contributed by atoms with E-state index in [1.54, 1.807) is 11.0 Å². The molecule has 2 aromatic carbocycles. The molecule has 0 bridgehead atoms. The van der Waals surface area contributed by atoms with Crippen molar-refractivity contribution in [3.8, 4) is 0 Å². The Kier molecular flexibility index (Phi) is 3.10. The van der Waals surface area contributed by atoms with Gasteiger partial charge in [-0.15, -0.1) is 0 Å². The highest BCUT2D eigenvalue weighted by molar-refractivity contribution is 6.31. The van der Waals surface area contributed by atoms with E-state index in [2.05, 4.69) is 0 Å². The minimum Gasteiger partial charge on any atom is -0.399 e. The average molecular weight is 291 g/mol. The van der Waals surface area contributed by atoms with Crippen LogP contribution in [0.4, 0.5) is 10.1 Å². The summed E-state index contributed by atoms with van der Waals surface area (Å²) in [7, 11) is 0. The van der Waals surface area contributed by atoms with Gasteiger partial charge in [0.15, 0.2) is 0 Å². The van der Waals surface area contributed by atoms with Crippen molar-refractivity contribution in [2.75, 3.05) is 5.73 Å². The molecular formula is C15H12ClFN2O. The number of nitrogen functional groups attached to an aromatic ring is 1. The molecule has 0 saturated heterocycles. The van der Waals surface area contributed by atoms with Crippen LogP contribution in [0.1, 0.15) is 21.5 Å². The molecule has 2 aromatic rings. The van der Waals surface area contributed by atoms with Crippen LogP contribution in [0, 0.1) is 5.82 Å². The minimum absolute atomic E-state index is 0.00159. The van der Waals surface area contributed by atoms with E-state index in [-0.39, 0.29) is 11.5 Å². The fourth-order valence-corrected chi connectivity index (χ4v) is 2.56. The molecule has 102 valence electrons. The third kappa shape index (κ3) is 2.23. The van der Waals surface area contributed by atoms with Crippen LogP contribution in [0.15, 0.2) is 36.4 Å². The van der Waals surface area contributed by atoms with E-state index in [4.69, 9.17) is 17.3 Å². The number of benzene rings is 2. The van der Waals surface area contributed by atoms with Crippen LogP contribution in [0.2, 0.25) is 5.02 Å². The molecule has 0 radical (unpaired) electrons. The average Bonchev–Trinajstić information content (AvgIpc) is 2.83. The third-order valence-electron chi connectivity index (χ3n) is 3.40. The number of nitrogens with zero attached hydrogens (tertiary/aromatic N) is 1. The molecule has 0 unspecified atom stereocenters. The molecule has 3 rings (SSSR count). The maximum Gasteiger partial charge on any atom is 0.257 e. The zero-order chi connectivity index (χ0) is 14.3. The largest absolute Gasteiger partial charge is 0.399 e. The summed E-state index contributed by atoms with van der Waals surface area (Å²) in [5.74, 6) is -0.922. The Labute approximate surface area is 120 Å². The maximum absolute atomic E-state index is 13.7. The van der Waals surface area contributed by atoms with Crippen molar-refractivity contribution in [3.63, 3.8) is 0 Å². The van der Waals surface area contributed by atoms with E-state index < -0.39 is 5.82 Å². The van der Waals surface area contributed by atoms with Gasteiger partial charge >= 0.3 is 0 Å². The number of nitrogens with two attached hydrogens (primary N) is 1. The first kappa shape index (κ1) is 12.9. The second kappa shape index (κ2) is 4.80. The van der Waals surface area contributed by atoms with E-state index in [0.29, 0.717) is 23.8 Å². The number of amides is 1. The molecule has 0 aliphatic carbocycles. The first-order valence-corrected chi connectivity index (χ1v) is 6.54. The molecule has 1 heterocycles. The summed E-state index contributed by atoms with van der Waals surface area (Å²) in [5.41, 5.74) is 8.42. The topological polar surface area (TPSA) is 46.3 Å². The molecular weight excluding hydrogens is 279 g/mol. The monoisotopic (exact) mass is 290 g/mol. The van der Waals surface area contributed by atoms with Gasteiger partial charge in [-0.2, -0.15) is 0 Å². The van der Waals surface area contributed by atoms with E-state index >= 15 is 0 Å². The maximum atomic E-state index is 13.7. The highest BCUT2D eigenvalue weighted by atomic mass is 35.5. The predicted molar refractivity (Wildman–Crippen MR) is 75.8 cm³/mol. The first-order valence-electron chi connectivity index (χ1n) is 6.16. The lowest BCUT2D eigenvalue weighted by atomic mass is 10.1. The summed E-state index contributed by atoms with van der Waals surface area (Å²) in [4.78, 5) is 14.0. The summed E-state index contributed by atoms with van der Waals surface area (Å²) in [6.45, 7) is 0.894. The highest BCUT2D eigenvalue weighted by Crippen LogP contribution is 2.27. The standard InChI is InChI=1S/C15H12ClFN2O/c16-11-2-4-14(17)13(6-11)15(20)19-7-9-1-3-12(18)5-10(9)8-19/h1-6H,7-8,18H2. The minimum atomic E-state index is -0.560. The van der Waals surface area contributed by atoms with E-state index in [0.717, 1.165) is 11.1 Å². The lowest BCUT2D eigenvalue weighted by molar-refractivity contribution is 0.0746. The number of carbonyl (C=O) groups is 1. The second-order valence-corrected chi connectivity index (χ2v) is 5.25. The molecule has 5 heteroatoms. The van der Waals surface area contributed by atoms with E-state index in [1.165, 1.54) is 18.2 Å². The third-order valence-corrected chi connectivity index (χ3v) is 3.63. The molecule has 0 atom stereocenters. The zero-order valence-electron chi connectivity index (χ0n) is 10.6. The molecule has 3 nitrogen and oxygen atoms in total. The van der Waals surface area contributed by atoms with Crippen LogP contribution in [-0.2, 0) is 13.1 Å². The fraction of sp³-hybridized carbons (Fsp3) is 0.133. The smallest absolute Gasteiger partial charge is 0.257 e. The Balaban J connectivity index is 1.89. The van der Waals surface area contributed by atoms with Crippen LogP contribution in [0.5, 0.6) is 0 Å². The lowest BCUT2D eigenvalue weighted by Crippen LogP contribution is -2.26. The summed E-state index contributed by atoms with van der Waals surface area (Å²) >= 11 is 5.82. The van der Waals surface area contributed by atoms with Gasteiger partial charge in [-0.05, 0) is 41.5 Å². The van der Waals surface area contributed by atoms with Crippen molar-refractivity contribution < 1.29 is 9.18 Å².